The normalized spacial score (nSPS) is 16.3. The number of carbonyl (C=O) groups is 1. The SMILES string of the molecule is Cc1ccc(/C=C2\CN(C(=S)NCc3ccccc3)C/C(=C\c3ccc(C)cc3)C2=O)cc1. The molecule has 1 N–H and O–H groups in total. The van der Waals surface area contributed by atoms with E-state index in [1.807, 2.05) is 54.6 Å². The van der Waals surface area contributed by atoms with Gasteiger partial charge in [0.1, 0.15) is 0 Å². The smallest absolute Gasteiger partial charge is 0.188 e. The fraction of sp³-hybridized carbons (Fsp3) is 0.172. The molecule has 0 aliphatic carbocycles. The van der Waals surface area contributed by atoms with Crippen molar-refractivity contribution < 1.29 is 4.79 Å². The zero-order valence-corrected chi connectivity index (χ0v) is 19.9. The van der Waals surface area contributed by atoms with Gasteiger partial charge in [-0.05, 0) is 54.9 Å². The lowest BCUT2D eigenvalue weighted by Gasteiger charge is -2.32. The molecular weight excluding hydrogens is 424 g/mol. The molecule has 0 amide bonds. The molecule has 1 aliphatic heterocycles. The van der Waals surface area contributed by atoms with Crippen molar-refractivity contribution in [3.63, 3.8) is 0 Å². The predicted octanol–water partition coefficient (Wildman–Crippen LogP) is 5.73. The van der Waals surface area contributed by atoms with Gasteiger partial charge in [-0.1, -0.05) is 90.0 Å². The number of piperidine rings is 1. The van der Waals surface area contributed by atoms with Crippen LogP contribution in [0.2, 0.25) is 0 Å². The van der Waals surface area contributed by atoms with E-state index in [2.05, 4.69) is 60.5 Å². The topological polar surface area (TPSA) is 32.3 Å². The lowest BCUT2D eigenvalue weighted by atomic mass is 9.94. The van der Waals surface area contributed by atoms with E-state index < -0.39 is 0 Å². The summed E-state index contributed by atoms with van der Waals surface area (Å²) in [5.41, 5.74) is 7.07. The fourth-order valence-electron chi connectivity index (χ4n) is 3.80. The molecule has 1 fully saturated rings. The minimum Gasteiger partial charge on any atom is -0.358 e. The number of nitrogens with one attached hydrogen (secondary N) is 1. The highest BCUT2D eigenvalue weighted by Crippen LogP contribution is 2.23. The van der Waals surface area contributed by atoms with Crippen LogP contribution >= 0.6 is 12.2 Å². The van der Waals surface area contributed by atoms with E-state index in [9.17, 15) is 4.79 Å². The lowest BCUT2D eigenvalue weighted by Crippen LogP contribution is -2.46. The van der Waals surface area contributed by atoms with Gasteiger partial charge < -0.3 is 10.2 Å². The summed E-state index contributed by atoms with van der Waals surface area (Å²) >= 11 is 5.73. The third-order valence-corrected chi connectivity index (χ3v) is 6.12. The molecule has 0 radical (unpaired) electrons. The maximum Gasteiger partial charge on any atom is 0.188 e. The van der Waals surface area contributed by atoms with Crippen molar-refractivity contribution in [1.29, 1.82) is 0 Å². The summed E-state index contributed by atoms with van der Waals surface area (Å²) in [5, 5.41) is 4.01. The first-order chi connectivity index (χ1) is 16.0. The molecular formula is C29H28N2OS. The Morgan fingerprint density at radius 2 is 1.30 bits per heavy atom. The van der Waals surface area contributed by atoms with E-state index in [0.29, 0.717) is 24.7 Å². The number of aryl methyl sites for hydroxylation is 2. The van der Waals surface area contributed by atoms with Gasteiger partial charge in [0.25, 0.3) is 0 Å². The molecule has 166 valence electrons. The second-order valence-electron chi connectivity index (χ2n) is 8.49. The van der Waals surface area contributed by atoms with Gasteiger partial charge in [-0.3, -0.25) is 4.79 Å². The van der Waals surface area contributed by atoms with E-state index >= 15 is 0 Å². The lowest BCUT2D eigenvalue weighted by molar-refractivity contribution is -0.113. The van der Waals surface area contributed by atoms with Crippen LogP contribution in [-0.4, -0.2) is 28.9 Å². The molecule has 0 aromatic heterocycles. The molecule has 0 unspecified atom stereocenters. The van der Waals surface area contributed by atoms with Gasteiger partial charge >= 0.3 is 0 Å². The quantitative estimate of drug-likeness (QED) is 0.405. The van der Waals surface area contributed by atoms with Crippen LogP contribution in [-0.2, 0) is 11.3 Å². The second kappa shape index (κ2) is 10.4. The molecule has 1 aliphatic rings. The number of rotatable bonds is 4. The maximum atomic E-state index is 13.4. The molecule has 1 heterocycles. The highest BCUT2D eigenvalue weighted by atomic mass is 32.1. The third-order valence-electron chi connectivity index (χ3n) is 5.72. The highest BCUT2D eigenvalue weighted by Gasteiger charge is 2.27. The molecule has 33 heavy (non-hydrogen) atoms. The average Bonchev–Trinajstić information content (AvgIpc) is 2.83. The van der Waals surface area contributed by atoms with Gasteiger partial charge in [-0.15, -0.1) is 0 Å². The number of likely N-dealkylation sites (tertiary alicyclic amines) is 1. The summed E-state index contributed by atoms with van der Waals surface area (Å²) in [6.07, 6.45) is 3.97. The number of benzene rings is 3. The van der Waals surface area contributed by atoms with Crippen molar-refractivity contribution in [2.45, 2.75) is 20.4 Å². The molecule has 3 aromatic carbocycles. The van der Waals surface area contributed by atoms with E-state index in [-0.39, 0.29) is 5.78 Å². The van der Waals surface area contributed by atoms with Crippen LogP contribution in [0.3, 0.4) is 0 Å². The Hall–Kier alpha value is -3.50. The number of hydrogen-bond acceptors (Lipinski definition) is 2. The van der Waals surface area contributed by atoms with Gasteiger partial charge in [0.2, 0.25) is 0 Å². The summed E-state index contributed by atoms with van der Waals surface area (Å²) in [5.74, 6) is 0.0817. The van der Waals surface area contributed by atoms with E-state index in [0.717, 1.165) is 22.3 Å². The van der Waals surface area contributed by atoms with Crippen LogP contribution in [0.1, 0.15) is 27.8 Å². The average molecular weight is 453 g/mol. The van der Waals surface area contributed by atoms with Crippen molar-refractivity contribution in [2.24, 2.45) is 0 Å². The zero-order valence-electron chi connectivity index (χ0n) is 19.0. The summed E-state index contributed by atoms with van der Waals surface area (Å²) in [4.78, 5) is 15.5. The maximum absolute atomic E-state index is 13.4. The molecule has 3 nitrogen and oxygen atoms in total. The number of Topliss-reactive ketones (excluding diaryl/α,β-unsaturated/α-hetero) is 1. The first-order valence-electron chi connectivity index (χ1n) is 11.1. The molecule has 3 aromatic rings. The molecule has 0 saturated carbocycles. The van der Waals surface area contributed by atoms with Gasteiger partial charge in [0, 0.05) is 30.8 Å². The van der Waals surface area contributed by atoms with Crippen molar-refractivity contribution in [2.75, 3.05) is 13.1 Å². The summed E-state index contributed by atoms with van der Waals surface area (Å²) in [6.45, 7) is 5.74. The van der Waals surface area contributed by atoms with Crippen LogP contribution < -0.4 is 5.32 Å². The fourth-order valence-corrected chi connectivity index (χ4v) is 4.00. The Morgan fingerprint density at radius 3 is 1.79 bits per heavy atom. The molecule has 0 spiro atoms. The summed E-state index contributed by atoms with van der Waals surface area (Å²) < 4.78 is 0. The molecule has 1 saturated heterocycles. The molecule has 4 rings (SSSR count). The minimum atomic E-state index is 0.0817. The van der Waals surface area contributed by atoms with Gasteiger partial charge in [0.05, 0.1) is 0 Å². The second-order valence-corrected chi connectivity index (χ2v) is 8.88. The van der Waals surface area contributed by atoms with E-state index in [1.54, 1.807) is 0 Å². The summed E-state index contributed by atoms with van der Waals surface area (Å²) in [6, 6.07) is 26.6. The van der Waals surface area contributed by atoms with Crippen LogP contribution in [0.5, 0.6) is 0 Å². The first-order valence-corrected chi connectivity index (χ1v) is 11.5. The van der Waals surface area contributed by atoms with Crippen molar-refractivity contribution in [1.82, 2.24) is 10.2 Å². The third kappa shape index (κ3) is 6.05. The van der Waals surface area contributed by atoms with Gasteiger partial charge in [-0.25, -0.2) is 0 Å². The number of hydrogen-bond donors (Lipinski definition) is 1. The van der Waals surface area contributed by atoms with Gasteiger partial charge in [-0.2, -0.15) is 0 Å². The van der Waals surface area contributed by atoms with Crippen molar-refractivity contribution in [3.05, 3.63) is 118 Å². The largest absolute Gasteiger partial charge is 0.358 e. The molecule has 4 heteroatoms. The molecule has 0 atom stereocenters. The predicted molar refractivity (Wildman–Crippen MR) is 141 cm³/mol. The highest BCUT2D eigenvalue weighted by molar-refractivity contribution is 7.80. The Morgan fingerprint density at radius 1 is 0.818 bits per heavy atom. The molecule has 0 bridgehead atoms. The number of ketones is 1. The zero-order chi connectivity index (χ0) is 23.2. The van der Waals surface area contributed by atoms with Crippen LogP contribution in [0.25, 0.3) is 12.2 Å². The van der Waals surface area contributed by atoms with E-state index in [4.69, 9.17) is 12.2 Å². The Bertz CT molecular complexity index is 1130. The standard InChI is InChI=1S/C29H28N2OS/c1-21-8-12-23(13-9-21)16-26-19-31(29(33)30-18-25-6-4-3-5-7-25)20-27(28(26)32)17-24-14-10-22(2)11-15-24/h3-17H,18-20H2,1-2H3,(H,30,33)/b26-16+,27-17+. The van der Waals surface area contributed by atoms with Gasteiger partial charge in [0.15, 0.2) is 10.9 Å². The number of thiocarbonyl (C=S) groups is 1. The monoisotopic (exact) mass is 452 g/mol. The van der Waals surface area contributed by atoms with Crippen LogP contribution in [0, 0.1) is 13.8 Å². The van der Waals surface area contributed by atoms with Crippen molar-refractivity contribution in [3.8, 4) is 0 Å². The van der Waals surface area contributed by atoms with Crippen molar-refractivity contribution >= 4 is 35.3 Å². The van der Waals surface area contributed by atoms with E-state index in [1.165, 1.54) is 16.7 Å². The Labute approximate surface area is 201 Å². The number of nitrogens with zero attached hydrogens (tertiary/aromatic N) is 1. The van der Waals surface area contributed by atoms with Crippen LogP contribution in [0.4, 0.5) is 0 Å². The minimum absolute atomic E-state index is 0.0817. The Balaban J connectivity index is 1.60. The Kier molecular flexibility index (Phi) is 7.16. The first kappa shape index (κ1) is 22.7. The van der Waals surface area contributed by atoms with Crippen LogP contribution in [0.15, 0.2) is 90.0 Å². The number of carbonyl (C=O) groups excluding carboxylic acids is 1. The summed E-state index contributed by atoms with van der Waals surface area (Å²) in [7, 11) is 0.